The molecule has 0 bridgehead atoms. The molecule has 1 aliphatic rings. The van der Waals surface area contributed by atoms with Crippen LogP contribution in [-0.4, -0.2) is 23.7 Å². The summed E-state index contributed by atoms with van der Waals surface area (Å²) >= 11 is 0. The molecule has 1 aliphatic heterocycles. The van der Waals surface area contributed by atoms with Crippen LogP contribution in [0.2, 0.25) is 0 Å². The summed E-state index contributed by atoms with van der Waals surface area (Å²) in [5.74, 6) is -0.963. The second kappa shape index (κ2) is 5.08. The topological polar surface area (TPSA) is 72.8 Å². The van der Waals surface area contributed by atoms with Gasteiger partial charge in [0.1, 0.15) is 11.5 Å². The SMILES string of the molecule is CCOC(=O)CC1Cc2ccc(O)cc2OC1=O. The van der Waals surface area contributed by atoms with Crippen LogP contribution in [0.5, 0.6) is 11.5 Å². The molecule has 18 heavy (non-hydrogen) atoms. The van der Waals surface area contributed by atoms with E-state index in [-0.39, 0.29) is 12.2 Å². The average molecular weight is 250 g/mol. The third-order valence-corrected chi connectivity index (χ3v) is 2.78. The molecular formula is C13H14O5. The molecule has 1 aromatic carbocycles. The van der Waals surface area contributed by atoms with Crippen LogP contribution in [0.15, 0.2) is 18.2 Å². The van der Waals surface area contributed by atoms with Gasteiger partial charge in [-0.15, -0.1) is 0 Å². The van der Waals surface area contributed by atoms with Crippen molar-refractivity contribution in [3.63, 3.8) is 0 Å². The summed E-state index contributed by atoms with van der Waals surface area (Å²) in [6.07, 6.45) is 0.445. The molecular weight excluding hydrogens is 236 g/mol. The quantitative estimate of drug-likeness (QED) is 0.648. The Kier molecular flexibility index (Phi) is 3.50. The van der Waals surface area contributed by atoms with E-state index in [1.165, 1.54) is 12.1 Å². The minimum absolute atomic E-state index is 0.0208. The first-order chi connectivity index (χ1) is 8.60. The van der Waals surface area contributed by atoms with Gasteiger partial charge < -0.3 is 14.6 Å². The fourth-order valence-electron chi connectivity index (χ4n) is 1.92. The van der Waals surface area contributed by atoms with E-state index in [0.717, 1.165) is 5.56 Å². The maximum Gasteiger partial charge on any atom is 0.315 e. The number of fused-ring (bicyclic) bond motifs is 1. The average Bonchev–Trinajstić information content (AvgIpc) is 2.31. The molecule has 0 saturated heterocycles. The van der Waals surface area contributed by atoms with Gasteiger partial charge in [0.2, 0.25) is 0 Å². The van der Waals surface area contributed by atoms with Gasteiger partial charge in [-0.05, 0) is 25.0 Å². The highest BCUT2D eigenvalue weighted by atomic mass is 16.5. The van der Waals surface area contributed by atoms with Gasteiger partial charge in [-0.25, -0.2) is 0 Å². The molecule has 2 rings (SSSR count). The Morgan fingerprint density at radius 1 is 1.56 bits per heavy atom. The Bertz CT molecular complexity index is 480. The summed E-state index contributed by atoms with van der Waals surface area (Å²) in [6, 6.07) is 4.61. The molecule has 1 atom stereocenters. The molecule has 0 amide bonds. The van der Waals surface area contributed by atoms with Crippen molar-refractivity contribution >= 4 is 11.9 Å². The Balaban J connectivity index is 2.11. The van der Waals surface area contributed by atoms with Crippen LogP contribution >= 0.6 is 0 Å². The fraction of sp³-hybridized carbons (Fsp3) is 0.385. The van der Waals surface area contributed by atoms with E-state index in [1.807, 2.05) is 0 Å². The largest absolute Gasteiger partial charge is 0.508 e. The number of phenolic OH excluding ortho intramolecular Hbond substituents is 1. The minimum atomic E-state index is -0.513. The molecule has 0 aliphatic carbocycles. The van der Waals surface area contributed by atoms with Crippen molar-refractivity contribution in [3.8, 4) is 11.5 Å². The zero-order valence-corrected chi connectivity index (χ0v) is 10.0. The van der Waals surface area contributed by atoms with Crippen LogP contribution in [0.25, 0.3) is 0 Å². The van der Waals surface area contributed by atoms with Crippen LogP contribution in [0, 0.1) is 5.92 Å². The summed E-state index contributed by atoms with van der Waals surface area (Å²) in [4.78, 5) is 23.0. The number of phenols is 1. The van der Waals surface area contributed by atoms with Gasteiger partial charge in [-0.3, -0.25) is 9.59 Å². The number of esters is 2. The van der Waals surface area contributed by atoms with Crippen LogP contribution in [-0.2, 0) is 20.7 Å². The summed E-state index contributed by atoms with van der Waals surface area (Å²) in [5.41, 5.74) is 0.807. The van der Waals surface area contributed by atoms with Gasteiger partial charge in [-0.2, -0.15) is 0 Å². The molecule has 0 aromatic heterocycles. The maximum absolute atomic E-state index is 11.7. The van der Waals surface area contributed by atoms with Crippen molar-refractivity contribution in [2.45, 2.75) is 19.8 Å². The molecule has 5 nitrogen and oxygen atoms in total. The van der Waals surface area contributed by atoms with Crippen molar-refractivity contribution in [2.24, 2.45) is 5.92 Å². The van der Waals surface area contributed by atoms with E-state index in [0.29, 0.717) is 18.8 Å². The lowest BCUT2D eigenvalue weighted by molar-refractivity contribution is -0.150. The highest BCUT2D eigenvalue weighted by Crippen LogP contribution is 2.32. The first-order valence-electron chi connectivity index (χ1n) is 5.79. The van der Waals surface area contributed by atoms with E-state index in [9.17, 15) is 14.7 Å². The van der Waals surface area contributed by atoms with Gasteiger partial charge in [-0.1, -0.05) is 6.07 Å². The van der Waals surface area contributed by atoms with E-state index in [2.05, 4.69) is 0 Å². The monoisotopic (exact) mass is 250 g/mol. The third kappa shape index (κ3) is 2.61. The zero-order valence-electron chi connectivity index (χ0n) is 10.0. The second-order valence-corrected chi connectivity index (χ2v) is 4.12. The van der Waals surface area contributed by atoms with Crippen LogP contribution in [0.3, 0.4) is 0 Å². The molecule has 1 unspecified atom stereocenters. The number of carbonyl (C=O) groups is 2. The van der Waals surface area contributed by atoms with Gasteiger partial charge in [0.25, 0.3) is 0 Å². The molecule has 5 heteroatoms. The molecule has 1 aromatic rings. The Morgan fingerprint density at radius 3 is 3.06 bits per heavy atom. The van der Waals surface area contributed by atoms with Gasteiger partial charge in [0.05, 0.1) is 18.9 Å². The number of aromatic hydroxyl groups is 1. The molecule has 0 fully saturated rings. The summed E-state index contributed by atoms with van der Waals surface area (Å²) in [7, 11) is 0. The molecule has 1 N–H and O–H groups in total. The van der Waals surface area contributed by atoms with Crippen molar-refractivity contribution < 1.29 is 24.2 Å². The fourth-order valence-corrected chi connectivity index (χ4v) is 1.92. The number of benzene rings is 1. The van der Waals surface area contributed by atoms with Crippen LogP contribution in [0.1, 0.15) is 18.9 Å². The molecule has 0 spiro atoms. The lowest BCUT2D eigenvalue weighted by Gasteiger charge is -2.22. The molecule has 0 radical (unpaired) electrons. The van der Waals surface area contributed by atoms with Crippen LogP contribution < -0.4 is 4.74 Å². The predicted molar refractivity (Wildman–Crippen MR) is 62.2 cm³/mol. The van der Waals surface area contributed by atoms with E-state index < -0.39 is 17.9 Å². The third-order valence-electron chi connectivity index (χ3n) is 2.78. The Morgan fingerprint density at radius 2 is 2.33 bits per heavy atom. The molecule has 0 saturated carbocycles. The van der Waals surface area contributed by atoms with Crippen LogP contribution in [0.4, 0.5) is 0 Å². The number of carbonyl (C=O) groups excluding carboxylic acids is 2. The maximum atomic E-state index is 11.7. The van der Waals surface area contributed by atoms with Crippen molar-refractivity contribution in [2.75, 3.05) is 6.61 Å². The van der Waals surface area contributed by atoms with Crippen molar-refractivity contribution in [3.05, 3.63) is 23.8 Å². The lowest BCUT2D eigenvalue weighted by Crippen LogP contribution is -2.30. The van der Waals surface area contributed by atoms with Crippen molar-refractivity contribution in [1.29, 1.82) is 0 Å². The second-order valence-electron chi connectivity index (χ2n) is 4.12. The minimum Gasteiger partial charge on any atom is -0.508 e. The number of hydrogen-bond acceptors (Lipinski definition) is 5. The van der Waals surface area contributed by atoms with E-state index >= 15 is 0 Å². The highest BCUT2D eigenvalue weighted by Gasteiger charge is 2.30. The molecule has 96 valence electrons. The predicted octanol–water partition coefficient (Wildman–Crippen LogP) is 1.42. The van der Waals surface area contributed by atoms with Gasteiger partial charge in [0, 0.05) is 6.07 Å². The first-order valence-corrected chi connectivity index (χ1v) is 5.79. The van der Waals surface area contributed by atoms with Gasteiger partial charge >= 0.3 is 11.9 Å². The van der Waals surface area contributed by atoms with Gasteiger partial charge in [0.15, 0.2) is 0 Å². The normalized spacial score (nSPS) is 17.8. The zero-order chi connectivity index (χ0) is 13.1. The Hall–Kier alpha value is -2.04. The number of rotatable bonds is 3. The number of ether oxygens (including phenoxy) is 2. The summed E-state index contributed by atoms with van der Waals surface area (Å²) < 4.78 is 9.91. The Labute approximate surface area is 104 Å². The lowest BCUT2D eigenvalue weighted by atomic mass is 9.93. The van der Waals surface area contributed by atoms with E-state index in [4.69, 9.17) is 9.47 Å². The summed E-state index contributed by atoms with van der Waals surface area (Å²) in [6.45, 7) is 2.01. The highest BCUT2D eigenvalue weighted by molar-refractivity contribution is 5.83. The standard InChI is InChI=1S/C13H14O5/c1-2-17-12(15)6-9-5-8-3-4-10(14)7-11(8)18-13(9)16/h3-4,7,9,14H,2,5-6H2,1H3. The summed E-state index contributed by atoms with van der Waals surface area (Å²) in [5, 5.41) is 9.29. The van der Waals surface area contributed by atoms with Crippen molar-refractivity contribution in [1.82, 2.24) is 0 Å². The molecule has 1 heterocycles. The number of hydrogen-bond donors (Lipinski definition) is 1. The van der Waals surface area contributed by atoms with E-state index in [1.54, 1.807) is 13.0 Å². The first kappa shape index (κ1) is 12.4. The smallest absolute Gasteiger partial charge is 0.315 e.